The molecule has 10 heteroatoms. The number of fused-ring (bicyclic) bond motifs is 1. The molecular weight excluding hydrogens is 505 g/mol. The van der Waals surface area contributed by atoms with Crippen LogP contribution in [0.1, 0.15) is 31.8 Å². The summed E-state index contributed by atoms with van der Waals surface area (Å²) in [6, 6.07) is 13.7. The Hall–Kier alpha value is -4.21. The predicted octanol–water partition coefficient (Wildman–Crippen LogP) is 5.75. The van der Waals surface area contributed by atoms with E-state index in [1.54, 1.807) is 29.2 Å². The SMILES string of the molecule is O=C(c1ccc(N2CC=Cc3ccccc32)c(C(F)(F)F)c1)N1CCN(C(=O)c2c(F)cccc2F)CC1. The highest BCUT2D eigenvalue weighted by atomic mass is 19.4. The highest BCUT2D eigenvalue weighted by Gasteiger charge is 2.37. The van der Waals surface area contributed by atoms with E-state index >= 15 is 0 Å². The number of rotatable bonds is 3. The van der Waals surface area contributed by atoms with Crippen molar-refractivity contribution in [3.8, 4) is 0 Å². The molecule has 2 amide bonds. The zero-order chi connectivity index (χ0) is 27.0. The fourth-order valence-corrected chi connectivity index (χ4v) is 4.77. The van der Waals surface area contributed by atoms with Gasteiger partial charge in [0.05, 0.1) is 11.3 Å². The molecule has 196 valence electrons. The normalized spacial score (nSPS) is 15.4. The van der Waals surface area contributed by atoms with Crippen LogP contribution in [-0.2, 0) is 6.18 Å². The van der Waals surface area contributed by atoms with Gasteiger partial charge in [-0.1, -0.05) is 36.4 Å². The van der Waals surface area contributed by atoms with Crippen LogP contribution < -0.4 is 4.90 Å². The minimum atomic E-state index is -4.71. The molecule has 5 rings (SSSR count). The standard InChI is InChI=1S/C28H22F5N3O2/c29-21-7-3-8-22(30)25(21)27(38)35-15-13-34(14-16-35)26(37)19-10-11-24(20(17-19)28(31,32)33)36-12-4-6-18-5-1-2-9-23(18)36/h1-11,17H,12-16H2. The Morgan fingerprint density at radius 2 is 1.37 bits per heavy atom. The van der Waals surface area contributed by atoms with Gasteiger partial charge in [-0.3, -0.25) is 9.59 Å². The summed E-state index contributed by atoms with van der Waals surface area (Å²) in [5.41, 5.74) is -0.388. The Morgan fingerprint density at radius 1 is 0.737 bits per heavy atom. The van der Waals surface area contributed by atoms with Gasteiger partial charge in [-0.25, -0.2) is 8.78 Å². The van der Waals surface area contributed by atoms with E-state index in [0.717, 1.165) is 29.8 Å². The van der Waals surface area contributed by atoms with Crippen LogP contribution in [0.2, 0.25) is 0 Å². The molecule has 0 radical (unpaired) electrons. The molecule has 2 aliphatic heterocycles. The number of benzene rings is 3. The highest BCUT2D eigenvalue weighted by molar-refractivity contribution is 5.97. The number of carbonyl (C=O) groups is 2. The first-order chi connectivity index (χ1) is 18.1. The number of nitrogens with zero attached hydrogens (tertiary/aromatic N) is 3. The number of halogens is 5. The lowest BCUT2D eigenvalue weighted by atomic mass is 10.0. The van der Waals surface area contributed by atoms with Gasteiger partial charge < -0.3 is 14.7 Å². The molecule has 0 aliphatic carbocycles. The third-order valence-corrected chi connectivity index (χ3v) is 6.68. The second kappa shape index (κ2) is 9.92. The van der Waals surface area contributed by atoms with Crippen LogP contribution in [0.3, 0.4) is 0 Å². The van der Waals surface area contributed by atoms with E-state index in [0.29, 0.717) is 5.69 Å². The zero-order valence-electron chi connectivity index (χ0n) is 20.0. The van der Waals surface area contributed by atoms with E-state index in [2.05, 4.69) is 0 Å². The van der Waals surface area contributed by atoms with Crippen LogP contribution in [0.5, 0.6) is 0 Å². The molecule has 0 bridgehead atoms. The lowest BCUT2D eigenvalue weighted by Crippen LogP contribution is -2.50. The van der Waals surface area contributed by atoms with Crippen molar-refractivity contribution in [3.63, 3.8) is 0 Å². The molecule has 1 saturated heterocycles. The topological polar surface area (TPSA) is 43.9 Å². The van der Waals surface area contributed by atoms with Crippen LogP contribution in [-0.4, -0.2) is 54.3 Å². The smallest absolute Gasteiger partial charge is 0.337 e. The van der Waals surface area contributed by atoms with Crippen molar-refractivity contribution >= 4 is 29.3 Å². The third-order valence-electron chi connectivity index (χ3n) is 6.68. The van der Waals surface area contributed by atoms with Crippen molar-refractivity contribution in [1.82, 2.24) is 9.80 Å². The molecule has 0 saturated carbocycles. The average molecular weight is 527 g/mol. The molecule has 5 nitrogen and oxygen atoms in total. The Balaban J connectivity index is 1.36. The molecule has 3 aromatic rings. The molecule has 0 atom stereocenters. The molecule has 0 spiro atoms. The monoisotopic (exact) mass is 527 g/mol. The molecule has 1 fully saturated rings. The van der Waals surface area contributed by atoms with Crippen molar-refractivity contribution < 1.29 is 31.5 Å². The average Bonchev–Trinajstić information content (AvgIpc) is 2.91. The molecule has 0 N–H and O–H groups in total. The largest absolute Gasteiger partial charge is 0.418 e. The summed E-state index contributed by atoms with van der Waals surface area (Å²) in [4.78, 5) is 29.9. The van der Waals surface area contributed by atoms with E-state index in [1.165, 1.54) is 21.9 Å². The maximum atomic E-state index is 14.2. The van der Waals surface area contributed by atoms with Gasteiger partial charge in [0.15, 0.2) is 0 Å². The fraction of sp³-hybridized carbons (Fsp3) is 0.214. The molecule has 0 aromatic heterocycles. The van der Waals surface area contributed by atoms with Gasteiger partial charge >= 0.3 is 6.18 Å². The molecule has 38 heavy (non-hydrogen) atoms. The van der Waals surface area contributed by atoms with Crippen molar-refractivity contribution in [2.45, 2.75) is 6.18 Å². The molecule has 3 aromatic carbocycles. The van der Waals surface area contributed by atoms with Gasteiger partial charge in [-0.15, -0.1) is 0 Å². The summed E-state index contributed by atoms with van der Waals surface area (Å²) in [6.07, 6.45) is -1.09. The molecule has 2 heterocycles. The van der Waals surface area contributed by atoms with Gasteiger partial charge in [-0.2, -0.15) is 13.2 Å². The second-order valence-corrected chi connectivity index (χ2v) is 8.98. The number of carbonyl (C=O) groups excluding carboxylic acids is 2. The number of hydrogen-bond donors (Lipinski definition) is 0. The van der Waals surface area contributed by atoms with Crippen LogP contribution in [0.25, 0.3) is 6.08 Å². The van der Waals surface area contributed by atoms with E-state index in [-0.39, 0.29) is 44.0 Å². The minimum Gasteiger partial charge on any atom is -0.337 e. The molecule has 0 unspecified atom stereocenters. The van der Waals surface area contributed by atoms with Crippen LogP contribution >= 0.6 is 0 Å². The summed E-state index contributed by atoms with van der Waals surface area (Å²) in [5, 5.41) is 0. The summed E-state index contributed by atoms with van der Waals surface area (Å²) < 4.78 is 70.5. The van der Waals surface area contributed by atoms with Gasteiger partial charge in [0.25, 0.3) is 11.8 Å². The number of piperazine rings is 1. The van der Waals surface area contributed by atoms with Crippen molar-refractivity contribution in [2.24, 2.45) is 0 Å². The predicted molar refractivity (Wildman–Crippen MR) is 132 cm³/mol. The zero-order valence-corrected chi connectivity index (χ0v) is 20.0. The van der Waals surface area contributed by atoms with Crippen molar-refractivity contribution in [3.05, 3.63) is 101 Å². The second-order valence-electron chi connectivity index (χ2n) is 8.98. The lowest BCUT2D eigenvalue weighted by molar-refractivity contribution is -0.137. The fourth-order valence-electron chi connectivity index (χ4n) is 4.77. The third kappa shape index (κ3) is 4.73. The number of anilines is 2. The van der Waals surface area contributed by atoms with Crippen LogP contribution in [0.4, 0.5) is 33.3 Å². The molecule has 2 aliphatic rings. The quantitative estimate of drug-likeness (QED) is 0.408. The Morgan fingerprint density at radius 3 is 2.03 bits per heavy atom. The Kier molecular flexibility index (Phi) is 6.64. The Labute approximate surface area is 215 Å². The lowest BCUT2D eigenvalue weighted by Gasteiger charge is -2.35. The van der Waals surface area contributed by atoms with Crippen molar-refractivity contribution in [2.75, 3.05) is 37.6 Å². The summed E-state index contributed by atoms with van der Waals surface area (Å²) in [7, 11) is 0. The van der Waals surface area contributed by atoms with E-state index in [1.807, 2.05) is 12.1 Å². The first-order valence-electron chi connectivity index (χ1n) is 11.9. The van der Waals surface area contributed by atoms with Gasteiger partial charge in [0.2, 0.25) is 0 Å². The summed E-state index contributed by atoms with van der Waals surface area (Å²) in [6.45, 7) is 0.229. The van der Waals surface area contributed by atoms with E-state index in [4.69, 9.17) is 0 Å². The maximum absolute atomic E-state index is 14.2. The van der Waals surface area contributed by atoms with E-state index < -0.39 is 40.8 Å². The van der Waals surface area contributed by atoms with Gasteiger partial charge in [0, 0.05) is 44.0 Å². The first kappa shape index (κ1) is 25.4. The van der Waals surface area contributed by atoms with Gasteiger partial charge in [-0.05, 0) is 42.0 Å². The maximum Gasteiger partial charge on any atom is 0.418 e. The summed E-state index contributed by atoms with van der Waals surface area (Å²) >= 11 is 0. The molecular formula is C28H22F5N3O2. The first-order valence-corrected chi connectivity index (χ1v) is 11.9. The van der Waals surface area contributed by atoms with Crippen molar-refractivity contribution in [1.29, 1.82) is 0 Å². The van der Waals surface area contributed by atoms with Gasteiger partial charge in [0.1, 0.15) is 17.2 Å². The summed E-state index contributed by atoms with van der Waals surface area (Å²) in [5.74, 6) is -3.43. The van der Waals surface area contributed by atoms with Crippen LogP contribution in [0, 0.1) is 11.6 Å². The number of amides is 2. The minimum absolute atomic E-state index is 0.00798. The number of para-hydroxylation sites is 1. The van der Waals surface area contributed by atoms with Crippen LogP contribution in [0.15, 0.2) is 66.7 Å². The number of hydrogen-bond acceptors (Lipinski definition) is 3. The Bertz CT molecular complexity index is 1410. The number of alkyl halides is 3. The highest BCUT2D eigenvalue weighted by Crippen LogP contribution is 2.42. The van der Waals surface area contributed by atoms with E-state index in [9.17, 15) is 31.5 Å².